The lowest BCUT2D eigenvalue weighted by atomic mass is 9.73. The third kappa shape index (κ3) is 3.03. The number of halogens is 1. The lowest BCUT2D eigenvalue weighted by molar-refractivity contribution is -0.0983. The summed E-state index contributed by atoms with van der Waals surface area (Å²) in [7, 11) is 0. The summed E-state index contributed by atoms with van der Waals surface area (Å²) in [5.41, 5.74) is 3.00. The van der Waals surface area contributed by atoms with Crippen molar-refractivity contribution >= 4 is 0 Å². The number of hydrogen-bond acceptors (Lipinski definition) is 3. The lowest BCUT2D eigenvalue weighted by Crippen LogP contribution is -2.50. The van der Waals surface area contributed by atoms with Crippen LogP contribution in [0.4, 0.5) is 4.39 Å². The molecule has 20 heavy (non-hydrogen) atoms. The van der Waals surface area contributed by atoms with E-state index in [1.54, 1.807) is 12.1 Å². The van der Waals surface area contributed by atoms with Gasteiger partial charge in [0, 0.05) is 12.2 Å². The van der Waals surface area contributed by atoms with Crippen LogP contribution in [-0.2, 0) is 4.74 Å². The van der Waals surface area contributed by atoms with Crippen molar-refractivity contribution in [2.45, 2.75) is 51.2 Å². The number of benzene rings is 1. The van der Waals surface area contributed by atoms with Crippen LogP contribution in [0.2, 0.25) is 0 Å². The van der Waals surface area contributed by atoms with Crippen LogP contribution in [0, 0.1) is 11.7 Å². The van der Waals surface area contributed by atoms with E-state index in [-0.39, 0.29) is 11.9 Å². The minimum atomic E-state index is -0.405. The van der Waals surface area contributed by atoms with E-state index in [0.717, 1.165) is 25.7 Å². The molecule has 3 nitrogen and oxygen atoms in total. The number of rotatable bonds is 5. The highest BCUT2D eigenvalue weighted by Gasteiger charge is 2.43. The standard InChI is InChI=1S/C16H25FN2O/c1-3-20-16(10-8-12(2)9-11-16)15(19-18)13-6-4-5-7-14(13)17/h4-7,12,15,19H,3,8-11,18H2,1-2H3. The zero-order valence-electron chi connectivity index (χ0n) is 12.4. The van der Waals surface area contributed by atoms with E-state index in [4.69, 9.17) is 10.6 Å². The van der Waals surface area contributed by atoms with E-state index in [1.807, 2.05) is 13.0 Å². The van der Waals surface area contributed by atoms with E-state index in [1.165, 1.54) is 6.07 Å². The van der Waals surface area contributed by atoms with Gasteiger partial charge in [-0.15, -0.1) is 0 Å². The van der Waals surface area contributed by atoms with Gasteiger partial charge in [0.1, 0.15) is 5.82 Å². The first-order chi connectivity index (χ1) is 9.63. The second kappa shape index (κ2) is 6.66. The first kappa shape index (κ1) is 15.4. The Morgan fingerprint density at radius 1 is 1.40 bits per heavy atom. The summed E-state index contributed by atoms with van der Waals surface area (Å²) in [6.45, 7) is 4.85. The number of nitrogens with two attached hydrogens (primary N) is 1. The molecule has 1 aliphatic carbocycles. The van der Waals surface area contributed by atoms with Crippen molar-refractivity contribution in [3.8, 4) is 0 Å². The minimum Gasteiger partial charge on any atom is -0.373 e. The summed E-state index contributed by atoms with van der Waals surface area (Å²) in [6, 6.07) is 6.50. The van der Waals surface area contributed by atoms with Gasteiger partial charge in [0.05, 0.1) is 11.6 Å². The highest BCUT2D eigenvalue weighted by Crippen LogP contribution is 2.43. The quantitative estimate of drug-likeness (QED) is 0.642. The molecule has 1 aliphatic rings. The van der Waals surface area contributed by atoms with Crippen LogP contribution in [0.25, 0.3) is 0 Å². The van der Waals surface area contributed by atoms with Crippen LogP contribution in [0.15, 0.2) is 24.3 Å². The molecule has 0 saturated heterocycles. The monoisotopic (exact) mass is 280 g/mol. The van der Waals surface area contributed by atoms with Crippen molar-refractivity contribution < 1.29 is 9.13 Å². The van der Waals surface area contributed by atoms with Crippen molar-refractivity contribution in [3.63, 3.8) is 0 Å². The number of ether oxygens (including phenoxy) is 1. The fourth-order valence-electron chi connectivity index (χ4n) is 3.29. The molecule has 1 aromatic rings. The smallest absolute Gasteiger partial charge is 0.128 e. The SMILES string of the molecule is CCOC1(C(NN)c2ccccc2F)CCC(C)CC1. The number of hydrazine groups is 1. The molecule has 1 atom stereocenters. The maximum absolute atomic E-state index is 14.1. The summed E-state index contributed by atoms with van der Waals surface area (Å²) >= 11 is 0. The van der Waals surface area contributed by atoms with Crippen molar-refractivity contribution in [1.82, 2.24) is 5.43 Å². The molecular formula is C16H25FN2O. The molecule has 0 heterocycles. The second-order valence-corrected chi connectivity index (χ2v) is 5.80. The molecule has 1 unspecified atom stereocenters. The zero-order chi connectivity index (χ0) is 14.6. The topological polar surface area (TPSA) is 47.3 Å². The fourth-order valence-corrected chi connectivity index (χ4v) is 3.29. The molecule has 0 spiro atoms. The second-order valence-electron chi connectivity index (χ2n) is 5.80. The van der Waals surface area contributed by atoms with Crippen molar-refractivity contribution in [1.29, 1.82) is 0 Å². The summed E-state index contributed by atoms with van der Waals surface area (Å²) in [6.07, 6.45) is 4.00. The Kier molecular flexibility index (Phi) is 5.13. The third-order valence-corrected chi connectivity index (χ3v) is 4.46. The highest BCUT2D eigenvalue weighted by atomic mass is 19.1. The van der Waals surface area contributed by atoms with Crippen molar-refractivity contribution in [3.05, 3.63) is 35.6 Å². The van der Waals surface area contributed by atoms with Gasteiger partial charge in [-0.1, -0.05) is 25.1 Å². The number of nitrogens with one attached hydrogen (secondary N) is 1. The number of hydrogen-bond donors (Lipinski definition) is 2. The van der Waals surface area contributed by atoms with Gasteiger partial charge in [-0.3, -0.25) is 5.84 Å². The molecule has 0 amide bonds. The molecule has 1 fully saturated rings. The van der Waals surface area contributed by atoms with Gasteiger partial charge < -0.3 is 4.74 Å². The van der Waals surface area contributed by atoms with E-state index in [0.29, 0.717) is 18.1 Å². The molecule has 3 N–H and O–H groups in total. The molecule has 0 radical (unpaired) electrons. The Bertz CT molecular complexity index is 430. The van der Waals surface area contributed by atoms with Gasteiger partial charge in [0.25, 0.3) is 0 Å². The van der Waals surface area contributed by atoms with Gasteiger partial charge in [-0.05, 0) is 44.6 Å². The zero-order valence-corrected chi connectivity index (χ0v) is 12.4. The van der Waals surface area contributed by atoms with Gasteiger partial charge in [-0.25, -0.2) is 9.82 Å². The Balaban J connectivity index is 2.33. The van der Waals surface area contributed by atoms with Crippen LogP contribution in [-0.4, -0.2) is 12.2 Å². The van der Waals surface area contributed by atoms with Crippen LogP contribution >= 0.6 is 0 Å². The molecule has 112 valence electrons. The van der Waals surface area contributed by atoms with Crippen LogP contribution in [0.1, 0.15) is 51.1 Å². The average molecular weight is 280 g/mol. The Hall–Kier alpha value is -0.970. The first-order valence-corrected chi connectivity index (χ1v) is 7.47. The van der Waals surface area contributed by atoms with Gasteiger partial charge >= 0.3 is 0 Å². The van der Waals surface area contributed by atoms with Crippen LogP contribution in [0.5, 0.6) is 0 Å². The summed E-state index contributed by atoms with van der Waals surface area (Å²) in [4.78, 5) is 0. The Morgan fingerprint density at radius 3 is 2.60 bits per heavy atom. The van der Waals surface area contributed by atoms with Crippen LogP contribution < -0.4 is 11.3 Å². The third-order valence-electron chi connectivity index (χ3n) is 4.46. The fraction of sp³-hybridized carbons (Fsp3) is 0.625. The Morgan fingerprint density at radius 2 is 2.05 bits per heavy atom. The molecule has 4 heteroatoms. The minimum absolute atomic E-state index is 0.229. The summed E-state index contributed by atoms with van der Waals surface area (Å²) in [5.74, 6) is 6.23. The van der Waals surface area contributed by atoms with E-state index >= 15 is 0 Å². The summed E-state index contributed by atoms with van der Waals surface area (Å²) in [5, 5.41) is 0. The van der Waals surface area contributed by atoms with Crippen LogP contribution in [0.3, 0.4) is 0 Å². The maximum atomic E-state index is 14.1. The average Bonchev–Trinajstić information content (AvgIpc) is 2.45. The lowest BCUT2D eigenvalue weighted by Gasteiger charge is -2.44. The van der Waals surface area contributed by atoms with Gasteiger partial charge in [0.2, 0.25) is 0 Å². The van der Waals surface area contributed by atoms with E-state index in [2.05, 4.69) is 12.3 Å². The van der Waals surface area contributed by atoms with Gasteiger partial charge in [0.15, 0.2) is 0 Å². The van der Waals surface area contributed by atoms with E-state index < -0.39 is 5.60 Å². The van der Waals surface area contributed by atoms with E-state index in [9.17, 15) is 4.39 Å². The molecule has 1 aromatic carbocycles. The highest BCUT2D eigenvalue weighted by molar-refractivity contribution is 5.24. The molecule has 0 aromatic heterocycles. The maximum Gasteiger partial charge on any atom is 0.128 e. The Labute approximate surface area is 120 Å². The predicted octanol–water partition coefficient (Wildman–Crippen LogP) is 3.32. The van der Waals surface area contributed by atoms with Gasteiger partial charge in [-0.2, -0.15) is 0 Å². The normalized spacial score (nSPS) is 28.3. The molecule has 0 bridgehead atoms. The molecular weight excluding hydrogens is 255 g/mol. The first-order valence-electron chi connectivity index (χ1n) is 7.47. The predicted molar refractivity (Wildman–Crippen MR) is 78.5 cm³/mol. The van der Waals surface area contributed by atoms with Crippen molar-refractivity contribution in [2.24, 2.45) is 11.8 Å². The molecule has 2 rings (SSSR count). The molecule has 0 aliphatic heterocycles. The summed E-state index contributed by atoms with van der Waals surface area (Å²) < 4.78 is 20.2. The largest absolute Gasteiger partial charge is 0.373 e. The van der Waals surface area contributed by atoms with Crippen molar-refractivity contribution in [2.75, 3.05) is 6.61 Å². The molecule has 1 saturated carbocycles.